The van der Waals surface area contributed by atoms with E-state index in [2.05, 4.69) is 13.8 Å². The van der Waals surface area contributed by atoms with Gasteiger partial charge in [0.25, 0.3) is 0 Å². The van der Waals surface area contributed by atoms with Gasteiger partial charge in [0, 0.05) is 13.3 Å². The monoisotopic (exact) mass is 292 g/mol. The highest BCUT2D eigenvalue weighted by molar-refractivity contribution is 5.92. The second-order valence-electron chi connectivity index (χ2n) is 7.52. The van der Waals surface area contributed by atoms with Crippen molar-refractivity contribution in [2.24, 2.45) is 10.8 Å². The summed E-state index contributed by atoms with van der Waals surface area (Å²) in [6.07, 6.45) is 2.39. The summed E-state index contributed by atoms with van der Waals surface area (Å²) in [6, 6.07) is 0. The van der Waals surface area contributed by atoms with E-state index in [4.69, 9.17) is 9.47 Å². The van der Waals surface area contributed by atoms with Crippen LogP contribution in [0.4, 0.5) is 0 Å². The SMILES string of the molecule is CC(=O)OCC1=C(C)C[C@@H]2O[C@@]23C(C)(C)CCC(=O)[C@]13C. The molecule has 1 saturated carbocycles. The van der Waals surface area contributed by atoms with Gasteiger partial charge in [-0.15, -0.1) is 0 Å². The fourth-order valence-electron chi connectivity index (χ4n) is 4.82. The third-order valence-electron chi connectivity index (χ3n) is 6.04. The van der Waals surface area contributed by atoms with Gasteiger partial charge in [-0.3, -0.25) is 9.59 Å². The molecule has 4 heteroatoms. The summed E-state index contributed by atoms with van der Waals surface area (Å²) < 4.78 is 11.4. The topological polar surface area (TPSA) is 55.9 Å². The first-order chi connectivity index (χ1) is 9.67. The van der Waals surface area contributed by atoms with Crippen molar-refractivity contribution in [2.75, 3.05) is 6.61 Å². The standard InChI is InChI=1S/C17H24O4/c1-10-8-14-17(21-14)15(3,4)7-6-13(19)16(17,5)12(10)9-20-11(2)18/h14H,6-9H2,1-5H3/t14-,16-,17+/m0/s1. The zero-order valence-electron chi connectivity index (χ0n) is 13.5. The fourth-order valence-corrected chi connectivity index (χ4v) is 4.82. The number of hydrogen-bond donors (Lipinski definition) is 0. The minimum atomic E-state index is -0.656. The molecule has 2 aliphatic carbocycles. The Labute approximate surface area is 125 Å². The molecular weight excluding hydrogens is 268 g/mol. The van der Waals surface area contributed by atoms with E-state index >= 15 is 0 Å². The smallest absolute Gasteiger partial charge is 0.302 e. The van der Waals surface area contributed by atoms with Crippen LogP contribution >= 0.6 is 0 Å². The Morgan fingerprint density at radius 3 is 2.67 bits per heavy atom. The first-order valence-corrected chi connectivity index (χ1v) is 7.70. The maximum atomic E-state index is 12.8. The summed E-state index contributed by atoms with van der Waals surface area (Å²) in [5, 5.41) is 0. The Hall–Kier alpha value is -1.16. The number of esters is 1. The van der Waals surface area contributed by atoms with Crippen molar-refractivity contribution in [3.05, 3.63) is 11.1 Å². The lowest BCUT2D eigenvalue weighted by Crippen LogP contribution is -2.59. The van der Waals surface area contributed by atoms with Gasteiger partial charge in [0.05, 0.1) is 11.5 Å². The highest BCUT2D eigenvalue weighted by atomic mass is 16.6. The lowest BCUT2D eigenvalue weighted by molar-refractivity contribution is -0.145. The van der Waals surface area contributed by atoms with Crippen LogP contribution in [-0.2, 0) is 19.1 Å². The molecule has 4 nitrogen and oxygen atoms in total. The molecule has 0 aromatic rings. The Morgan fingerprint density at radius 1 is 1.38 bits per heavy atom. The summed E-state index contributed by atoms with van der Waals surface area (Å²) in [5.74, 6) is -0.0835. The summed E-state index contributed by atoms with van der Waals surface area (Å²) in [6.45, 7) is 10.0. The summed E-state index contributed by atoms with van der Waals surface area (Å²) in [5.41, 5.74) is 0.997. The molecule has 21 heavy (non-hydrogen) atoms. The molecule has 3 rings (SSSR count). The van der Waals surface area contributed by atoms with E-state index in [1.807, 2.05) is 13.8 Å². The second-order valence-corrected chi connectivity index (χ2v) is 7.52. The molecule has 0 aromatic carbocycles. The van der Waals surface area contributed by atoms with Gasteiger partial charge in [-0.05, 0) is 37.7 Å². The van der Waals surface area contributed by atoms with Gasteiger partial charge in [-0.25, -0.2) is 0 Å². The molecule has 2 fully saturated rings. The zero-order valence-corrected chi connectivity index (χ0v) is 13.5. The minimum Gasteiger partial charge on any atom is -0.461 e. The number of ketones is 1. The first kappa shape index (κ1) is 14.8. The number of epoxide rings is 1. The van der Waals surface area contributed by atoms with E-state index < -0.39 is 11.0 Å². The van der Waals surface area contributed by atoms with Crippen molar-refractivity contribution < 1.29 is 19.1 Å². The van der Waals surface area contributed by atoms with Crippen molar-refractivity contribution >= 4 is 11.8 Å². The molecular formula is C17H24O4. The summed E-state index contributed by atoms with van der Waals surface area (Å²) in [4.78, 5) is 24.0. The average Bonchev–Trinajstić information content (AvgIpc) is 3.10. The number of ether oxygens (including phenoxy) is 2. The third-order valence-corrected chi connectivity index (χ3v) is 6.04. The molecule has 0 N–H and O–H groups in total. The van der Waals surface area contributed by atoms with Crippen LogP contribution in [0.2, 0.25) is 0 Å². The lowest BCUT2D eigenvalue weighted by atomic mass is 9.49. The van der Waals surface area contributed by atoms with E-state index in [0.29, 0.717) is 6.42 Å². The molecule has 0 radical (unpaired) electrons. The van der Waals surface area contributed by atoms with E-state index in [-0.39, 0.29) is 29.9 Å². The molecule has 1 aliphatic heterocycles. The van der Waals surface area contributed by atoms with Gasteiger partial charge in [-0.1, -0.05) is 19.4 Å². The van der Waals surface area contributed by atoms with E-state index in [1.165, 1.54) is 6.92 Å². The summed E-state index contributed by atoms with van der Waals surface area (Å²) in [7, 11) is 0. The Morgan fingerprint density at radius 2 is 2.05 bits per heavy atom. The average molecular weight is 292 g/mol. The third kappa shape index (κ3) is 1.65. The highest BCUT2D eigenvalue weighted by Crippen LogP contribution is 2.70. The molecule has 0 unspecified atom stereocenters. The molecule has 1 heterocycles. The van der Waals surface area contributed by atoms with Crippen LogP contribution in [0.1, 0.15) is 53.9 Å². The zero-order chi connectivity index (χ0) is 15.6. The minimum absolute atomic E-state index is 0.0392. The van der Waals surface area contributed by atoms with E-state index in [9.17, 15) is 9.59 Å². The van der Waals surface area contributed by atoms with Gasteiger partial charge in [0.2, 0.25) is 0 Å². The van der Waals surface area contributed by atoms with Gasteiger partial charge in [0.15, 0.2) is 0 Å². The number of Topliss-reactive ketones (excluding diaryl/α,β-unsaturated/α-hetero) is 1. The van der Waals surface area contributed by atoms with Crippen LogP contribution in [0.15, 0.2) is 11.1 Å². The molecule has 0 aromatic heterocycles. The van der Waals surface area contributed by atoms with Gasteiger partial charge in [-0.2, -0.15) is 0 Å². The van der Waals surface area contributed by atoms with Crippen molar-refractivity contribution in [2.45, 2.75) is 65.6 Å². The van der Waals surface area contributed by atoms with Crippen LogP contribution < -0.4 is 0 Å². The van der Waals surface area contributed by atoms with Crippen LogP contribution in [0, 0.1) is 10.8 Å². The maximum Gasteiger partial charge on any atom is 0.302 e. The molecule has 1 spiro atoms. The predicted molar refractivity (Wildman–Crippen MR) is 77.7 cm³/mol. The number of rotatable bonds is 2. The maximum absolute atomic E-state index is 12.8. The molecule has 3 atom stereocenters. The van der Waals surface area contributed by atoms with Crippen LogP contribution in [0.5, 0.6) is 0 Å². The molecule has 0 bridgehead atoms. The molecule has 3 aliphatic rings. The van der Waals surface area contributed by atoms with Crippen molar-refractivity contribution in [3.63, 3.8) is 0 Å². The second kappa shape index (κ2) is 4.19. The van der Waals surface area contributed by atoms with Crippen LogP contribution in [-0.4, -0.2) is 30.1 Å². The van der Waals surface area contributed by atoms with Crippen LogP contribution in [0.25, 0.3) is 0 Å². The fraction of sp³-hybridized carbons (Fsp3) is 0.765. The van der Waals surface area contributed by atoms with Crippen molar-refractivity contribution in [1.82, 2.24) is 0 Å². The van der Waals surface area contributed by atoms with E-state index in [0.717, 1.165) is 24.0 Å². The number of carbonyl (C=O) groups is 2. The molecule has 116 valence electrons. The Bertz CT molecular complexity index is 559. The van der Waals surface area contributed by atoms with E-state index in [1.54, 1.807) is 0 Å². The molecule has 1 saturated heterocycles. The quantitative estimate of drug-likeness (QED) is 0.446. The lowest BCUT2D eigenvalue weighted by Gasteiger charge is -2.51. The Balaban J connectivity index is 2.08. The Kier molecular flexibility index (Phi) is 2.94. The predicted octanol–water partition coefficient (Wildman–Crippen LogP) is 2.80. The number of carbonyl (C=O) groups excluding carboxylic acids is 2. The highest BCUT2D eigenvalue weighted by Gasteiger charge is 2.79. The first-order valence-electron chi connectivity index (χ1n) is 7.70. The van der Waals surface area contributed by atoms with Crippen molar-refractivity contribution in [3.8, 4) is 0 Å². The van der Waals surface area contributed by atoms with Crippen molar-refractivity contribution in [1.29, 1.82) is 0 Å². The largest absolute Gasteiger partial charge is 0.461 e. The number of hydrogen-bond acceptors (Lipinski definition) is 4. The van der Waals surface area contributed by atoms with Gasteiger partial charge in [0.1, 0.15) is 18.0 Å². The normalized spacial score (nSPS) is 40.4. The van der Waals surface area contributed by atoms with Crippen LogP contribution in [0.3, 0.4) is 0 Å². The van der Waals surface area contributed by atoms with Gasteiger partial charge < -0.3 is 9.47 Å². The summed E-state index contributed by atoms with van der Waals surface area (Å²) >= 11 is 0. The van der Waals surface area contributed by atoms with Gasteiger partial charge >= 0.3 is 5.97 Å². The molecule has 0 amide bonds.